The van der Waals surface area contributed by atoms with Crippen LogP contribution in [0.2, 0.25) is 0 Å². The first-order valence-electron chi connectivity index (χ1n) is 17.5. The molecule has 0 aliphatic heterocycles. The Hall–Kier alpha value is 1.55. The predicted molar refractivity (Wildman–Crippen MR) is 289 cm³/mol. The van der Waals surface area contributed by atoms with Crippen molar-refractivity contribution < 1.29 is 23.7 Å². The van der Waals surface area contributed by atoms with Gasteiger partial charge in [0.2, 0.25) is 10.9 Å². The van der Waals surface area contributed by atoms with Gasteiger partial charge in [-0.05, 0) is 78.2 Å². The van der Waals surface area contributed by atoms with Crippen molar-refractivity contribution in [1.82, 2.24) is 0 Å². The first-order chi connectivity index (χ1) is 26.0. The molecule has 0 bridgehead atoms. The van der Waals surface area contributed by atoms with Gasteiger partial charge in [0, 0.05) is 36.2 Å². The number of fused-ring (bicyclic) bond motifs is 1. The predicted octanol–water partition coefficient (Wildman–Crippen LogP) is 6.45. The summed E-state index contributed by atoms with van der Waals surface area (Å²) in [6.07, 6.45) is 14.1. The molecule has 11 unspecified atom stereocenters. The fraction of sp³-hybridized carbons (Fsp3) is 0.368. The van der Waals surface area contributed by atoms with Gasteiger partial charge in [0.15, 0.2) is 11.6 Å². The SMILES string of the molecule is Cc1c(P)c(=O)c1=O.O=C1CC(=O)C(P)=C1P.PC1CCCC1.PC1CCCC1.PCCP.Pc1ccccc1P.Pc1sc2ccccc2c1P.[CH2]=[Fe]=[CH2]. The summed E-state index contributed by atoms with van der Waals surface area (Å²) in [5.41, 5.74) is 8.57. The number of allylic oxidation sites excluding steroid dienone is 2. The van der Waals surface area contributed by atoms with Crippen molar-refractivity contribution in [2.45, 2.75) is 76.0 Å². The van der Waals surface area contributed by atoms with E-state index in [0.717, 1.165) is 25.4 Å². The van der Waals surface area contributed by atoms with Gasteiger partial charge in [-0.2, -0.15) is 0 Å². The molecule has 3 aliphatic rings. The minimum absolute atomic E-state index is 0.0532. The van der Waals surface area contributed by atoms with Crippen molar-refractivity contribution in [2.75, 3.05) is 12.3 Å². The van der Waals surface area contributed by atoms with Crippen molar-refractivity contribution >= 4 is 171 Å². The number of hydrogen-bond acceptors (Lipinski definition) is 5. The average molecular weight is 1010 g/mol. The van der Waals surface area contributed by atoms with Crippen molar-refractivity contribution in [3.63, 3.8) is 0 Å². The zero-order valence-corrected chi connectivity index (χ0v) is 46.3. The fourth-order valence-electron chi connectivity index (χ4n) is 4.67. The van der Waals surface area contributed by atoms with Gasteiger partial charge in [-0.3, -0.25) is 19.2 Å². The quantitative estimate of drug-likeness (QED) is 0.0954. The van der Waals surface area contributed by atoms with Crippen LogP contribution in [0.25, 0.3) is 10.1 Å². The number of benzene rings is 2. The average Bonchev–Trinajstić information content (AvgIpc) is 3.98. The molecule has 1 aromatic heterocycles. The molecule has 11 atom stereocenters. The summed E-state index contributed by atoms with van der Waals surface area (Å²) in [7, 11) is 28.6. The Labute approximate surface area is 365 Å². The van der Waals surface area contributed by atoms with Gasteiger partial charge < -0.3 is 0 Å². The van der Waals surface area contributed by atoms with E-state index in [9.17, 15) is 19.2 Å². The van der Waals surface area contributed by atoms with Crippen LogP contribution in [-0.4, -0.2) is 46.1 Å². The Balaban J connectivity index is 0.000000622. The fourth-order valence-corrected chi connectivity index (χ4v) is 8.78. The first-order valence-corrected chi connectivity index (χ1v) is 26.9. The van der Waals surface area contributed by atoms with Crippen LogP contribution in [0.4, 0.5) is 0 Å². The van der Waals surface area contributed by atoms with Crippen molar-refractivity contribution in [3.8, 4) is 0 Å². The molecule has 0 N–H and O–H groups in total. The number of rotatable bonds is 1. The van der Waals surface area contributed by atoms with E-state index in [1.807, 2.05) is 23.5 Å². The van der Waals surface area contributed by atoms with Crippen molar-refractivity contribution in [1.29, 1.82) is 0 Å². The van der Waals surface area contributed by atoms with Crippen LogP contribution in [-0.2, 0) is 23.7 Å². The molecule has 4 nitrogen and oxygen atoms in total. The molecule has 4 aromatic rings. The molecule has 0 spiro atoms. The molecular formula is C38H61FeO4P11S. The van der Waals surface area contributed by atoms with Crippen LogP contribution >= 0.6 is 113 Å². The standard InChI is InChI=1S/C8H8P2S.C6H8P2.C5H6O2P2.C5H5O2P.2C5H11P.C2H8P2.2CH2.Fe/c9-7-5-3-1-2-4-6(5)11-8(7)10;7-5-3-1-2-4-6(5)8;6-2-1-3(7)5(9)4(2)8;1-2-3(6)4(7)5(2)8;2*6-5-3-1-2-4-5;3-1-2-4;;;/h1-4H,9-10H2;1-4H,7-8H2;1,8-9H2;8H2,1H3;2*5H,1-4,6H2;1-4H2;2*1H2;. The van der Waals surface area contributed by atoms with Crippen LogP contribution in [0.15, 0.2) is 68.7 Å². The summed E-state index contributed by atoms with van der Waals surface area (Å²) < 4.78 is 2.68. The van der Waals surface area contributed by atoms with Gasteiger partial charge in [-0.25, -0.2) is 0 Å². The van der Waals surface area contributed by atoms with E-state index in [2.05, 4.69) is 149 Å². The molecular weight excluding hydrogens is 949 g/mol. The second kappa shape index (κ2) is 33.2. The first kappa shape index (κ1) is 56.5. The third kappa shape index (κ3) is 23.4. The van der Waals surface area contributed by atoms with E-state index in [1.54, 1.807) is 6.92 Å². The summed E-state index contributed by atoms with van der Waals surface area (Å²) in [6, 6.07) is 16.6. The zero-order valence-electron chi connectivity index (χ0n) is 31.7. The number of hydrogen-bond donors (Lipinski definition) is 0. The summed E-state index contributed by atoms with van der Waals surface area (Å²) in [5.74, 6) is -0.148. The van der Waals surface area contributed by atoms with Crippen LogP contribution in [0.5, 0.6) is 0 Å². The number of Topliss-reactive ketones (excluding diaryl/α,β-unsaturated/α-hetero) is 2. The van der Waals surface area contributed by atoms with Crippen molar-refractivity contribution in [3.05, 3.63) is 85.2 Å². The molecule has 1 heterocycles. The van der Waals surface area contributed by atoms with Crippen LogP contribution in [0.3, 0.4) is 0 Å². The molecule has 3 aliphatic carbocycles. The van der Waals surface area contributed by atoms with Gasteiger partial charge >= 0.3 is 24.9 Å². The molecule has 17 heteroatoms. The zero-order chi connectivity index (χ0) is 42.1. The summed E-state index contributed by atoms with van der Waals surface area (Å²) in [5, 5.41) is 6.74. The van der Waals surface area contributed by atoms with E-state index >= 15 is 0 Å². The molecule has 0 saturated heterocycles. The summed E-state index contributed by atoms with van der Waals surface area (Å²) >= 11 is 2.57. The summed E-state index contributed by atoms with van der Waals surface area (Å²) in [4.78, 5) is 42.1. The monoisotopic (exact) mass is 1010 g/mol. The maximum atomic E-state index is 10.7. The van der Waals surface area contributed by atoms with Crippen molar-refractivity contribution in [2.24, 2.45) is 0 Å². The van der Waals surface area contributed by atoms with E-state index in [0.29, 0.717) is 21.5 Å². The molecule has 2 fully saturated rings. The van der Waals surface area contributed by atoms with E-state index in [-0.39, 0.29) is 28.8 Å². The minimum atomic E-state index is -0.354. The number of carbonyl (C=O) groups excluding carboxylic acids is 2. The molecule has 55 heavy (non-hydrogen) atoms. The molecule has 7 rings (SSSR count). The van der Waals surface area contributed by atoms with Crippen LogP contribution < -0.4 is 36.7 Å². The number of carbonyl (C=O) groups is 2. The Morgan fingerprint density at radius 3 is 1.25 bits per heavy atom. The Bertz CT molecular complexity index is 1820. The number of ketones is 2. The van der Waals surface area contributed by atoms with E-state index < -0.39 is 0 Å². The molecule has 2 saturated carbocycles. The molecule has 0 radical (unpaired) electrons. The Morgan fingerprint density at radius 2 is 1.02 bits per heavy atom. The maximum absolute atomic E-state index is 10.7. The second-order valence-electron chi connectivity index (χ2n) is 12.4. The van der Waals surface area contributed by atoms with Gasteiger partial charge in [-0.15, -0.1) is 104 Å². The third-order valence-electron chi connectivity index (χ3n) is 8.03. The molecule has 0 amide bonds. The van der Waals surface area contributed by atoms with Gasteiger partial charge in [0.05, 0.1) is 6.42 Å². The topological polar surface area (TPSA) is 68.3 Å². The van der Waals surface area contributed by atoms with Crippen LogP contribution in [0, 0.1) is 6.92 Å². The van der Waals surface area contributed by atoms with Gasteiger partial charge in [0.25, 0.3) is 0 Å². The number of thiophene rings is 1. The third-order valence-corrected chi connectivity index (χ3v) is 17.2. The van der Waals surface area contributed by atoms with Gasteiger partial charge in [0.1, 0.15) is 0 Å². The molecule has 306 valence electrons. The molecule has 3 aromatic carbocycles. The van der Waals surface area contributed by atoms with E-state index in [1.165, 1.54) is 94.3 Å². The van der Waals surface area contributed by atoms with Crippen LogP contribution in [0.1, 0.15) is 63.4 Å². The summed E-state index contributed by atoms with van der Waals surface area (Å²) in [6.45, 7) is 1.64. The Morgan fingerprint density at radius 1 is 0.636 bits per heavy atom. The second-order valence-corrected chi connectivity index (χ2v) is 21.6. The normalized spacial score (nSPS) is 14.6. The van der Waals surface area contributed by atoms with E-state index in [4.69, 9.17) is 0 Å². The Kier molecular flexibility index (Phi) is 34.1. The van der Waals surface area contributed by atoms with Gasteiger partial charge in [-0.1, -0.05) is 77.4 Å².